The van der Waals surface area contributed by atoms with Crippen LogP contribution in [0.5, 0.6) is 0 Å². The fourth-order valence-corrected chi connectivity index (χ4v) is 2.37. The van der Waals surface area contributed by atoms with Crippen LogP contribution in [0.25, 0.3) is 0 Å². The van der Waals surface area contributed by atoms with Gasteiger partial charge in [-0.15, -0.1) is 10.2 Å². The Labute approximate surface area is 145 Å². The molecule has 2 rings (SSSR count). The highest BCUT2D eigenvalue weighted by molar-refractivity contribution is 7.99. The zero-order valence-electron chi connectivity index (χ0n) is 13.7. The summed E-state index contributed by atoms with van der Waals surface area (Å²) in [5, 5.41) is 14.1. The Morgan fingerprint density at radius 3 is 2.46 bits per heavy atom. The van der Waals surface area contributed by atoms with Crippen molar-refractivity contribution >= 4 is 29.4 Å². The molecule has 0 unspecified atom stereocenters. The number of carbonyl (C=O) groups is 2. The highest BCUT2D eigenvalue weighted by Gasteiger charge is 2.09. The van der Waals surface area contributed by atoms with Gasteiger partial charge >= 0.3 is 0 Å². The Hall–Kier alpha value is -2.41. The van der Waals surface area contributed by atoms with Gasteiger partial charge in [0.2, 0.25) is 11.8 Å². The van der Waals surface area contributed by atoms with E-state index in [4.69, 9.17) is 0 Å². The van der Waals surface area contributed by atoms with Gasteiger partial charge in [0.1, 0.15) is 5.03 Å². The van der Waals surface area contributed by atoms with Crippen molar-refractivity contribution in [1.82, 2.24) is 15.5 Å². The fourth-order valence-electron chi connectivity index (χ4n) is 1.72. The lowest BCUT2D eigenvalue weighted by Gasteiger charge is -2.07. The molecule has 0 aliphatic heterocycles. The molecule has 0 atom stereocenters. The number of aromatic nitrogens is 2. The summed E-state index contributed by atoms with van der Waals surface area (Å²) in [5.74, 6) is 0.382. The Bertz CT molecular complexity index is 675. The van der Waals surface area contributed by atoms with Crippen LogP contribution in [0.2, 0.25) is 0 Å². The lowest BCUT2D eigenvalue weighted by Crippen LogP contribution is -2.24. The number of rotatable bonds is 7. The Morgan fingerprint density at radius 1 is 1.08 bits per heavy atom. The number of amides is 2. The maximum absolute atomic E-state index is 11.8. The second-order valence-corrected chi connectivity index (χ2v) is 6.45. The second-order valence-electron chi connectivity index (χ2n) is 5.45. The summed E-state index contributed by atoms with van der Waals surface area (Å²) in [6.45, 7) is 4.12. The van der Waals surface area contributed by atoms with Crippen LogP contribution in [0, 0.1) is 5.92 Å². The zero-order valence-corrected chi connectivity index (χ0v) is 14.5. The number of nitrogens with zero attached hydrogens (tertiary/aromatic N) is 2. The van der Waals surface area contributed by atoms with Crippen LogP contribution in [0.3, 0.4) is 0 Å². The van der Waals surface area contributed by atoms with E-state index in [9.17, 15) is 9.59 Å². The molecule has 0 fully saturated rings. The quantitative estimate of drug-likeness (QED) is 0.754. The number of benzene rings is 1. The standard InChI is InChI=1S/C17H20N4O2S/c1-12(2)17(23)19-14-8-9-16(21-20-14)24-11-15(22)18-10-13-6-4-3-5-7-13/h3-9,12H,10-11H2,1-2H3,(H,18,22)(H,19,20,23). The van der Waals surface area contributed by atoms with E-state index in [1.54, 1.807) is 26.0 Å². The Morgan fingerprint density at radius 2 is 1.83 bits per heavy atom. The molecule has 0 aliphatic carbocycles. The minimum atomic E-state index is -0.117. The van der Waals surface area contributed by atoms with Crippen molar-refractivity contribution in [3.8, 4) is 0 Å². The van der Waals surface area contributed by atoms with Crippen molar-refractivity contribution in [2.75, 3.05) is 11.1 Å². The van der Waals surface area contributed by atoms with E-state index >= 15 is 0 Å². The normalized spacial score (nSPS) is 10.5. The number of thioether (sulfide) groups is 1. The maximum Gasteiger partial charge on any atom is 0.230 e. The van der Waals surface area contributed by atoms with Gasteiger partial charge in [-0.05, 0) is 17.7 Å². The summed E-state index contributed by atoms with van der Waals surface area (Å²) in [4.78, 5) is 23.4. The first-order valence-electron chi connectivity index (χ1n) is 7.62. The molecular formula is C17H20N4O2S. The summed E-state index contributed by atoms with van der Waals surface area (Å²) >= 11 is 1.30. The summed E-state index contributed by atoms with van der Waals surface area (Å²) < 4.78 is 0. The number of hydrogen-bond acceptors (Lipinski definition) is 5. The predicted octanol–water partition coefficient (Wildman–Crippen LogP) is 2.48. The summed E-state index contributed by atoms with van der Waals surface area (Å²) in [6.07, 6.45) is 0. The lowest BCUT2D eigenvalue weighted by molar-refractivity contribution is -0.119. The molecule has 1 aromatic heterocycles. The van der Waals surface area contributed by atoms with Crippen molar-refractivity contribution in [2.24, 2.45) is 5.92 Å². The monoisotopic (exact) mass is 344 g/mol. The average Bonchev–Trinajstić information content (AvgIpc) is 2.60. The van der Waals surface area contributed by atoms with E-state index in [0.29, 0.717) is 17.4 Å². The molecule has 0 aliphatic rings. The largest absolute Gasteiger partial charge is 0.351 e. The zero-order chi connectivity index (χ0) is 17.4. The third kappa shape index (κ3) is 6.00. The topological polar surface area (TPSA) is 84.0 Å². The van der Waals surface area contributed by atoms with Crippen LogP contribution in [0.1, 0.15) is 19.4 Å². The number of carbonyl (C=O) groups excluding carboxylic acids is 2. The smallest absolute Gasteiger partial charge is 0.230 e. The fraction of sp³-hybridized carbons (Fsp3) is 0.294. The molecule has 2 N–H and O–H groups in total. The van der Waals surface area contributed by atoms with Gasteiger partial charge in [-0.25, -0.2) is 0 Å². The highest BCUT2D eigenvalue weighted by atomic mass is 32.2. The summed E-state index contributed by atoms with van der Waals surface area (Å²) in [7, 11) is 0. The first kappa shape index (κ1) is 17.9. The van der Waals surface area contributed by atoms with Crippen molar-refractivity contribution < 1.29 is 9.59 Å². The summed E-state index contributed by atoms with van der Waals surface area (Å²) in [5.41, 5.74) is 1.06. The lowest BCUT2D eigenvalue weighted by atomic mass is 10.2. The van der Waals surface area contributed by atoms with Gasteiger partial charge in [0.15, 0.2) is 5.82 Å². The van der Waals surface area contributed by atoms with Gasteiger partial charge in [0, 0.05) is 12.5 Å². The van der Waals surface area contributed by atoms with Gasteiger partial charge in [-0.1, -0.05) is 55.9 Å². The van der Waals surface area contributed by atoms with Crippen LogP contribution in [-0.2, 0) is 16.1 Å². The molecule has 7 heteroatoms. The van der Waals surface area contributed by atoms with Crippen LogP contribution in [-0.4, -0.2) is 27.8 Å². The SMILES string of the molecule is CC(C)C(=O)Nc1ccc(SCC(=O)NCc2ccccc2)nn1. The van der Waals surface area contributed by atoms with Crippen LogP contribution in [0.4, 0.5) is 5.82 Å². The second kappa shape index (κ2) is 9.02. The predicted molar refractivity (Wildman–Crippen MR) is 94.5 cm³/mol. The van der Waals surface area contributed by atoms with Gasteiger partial charge in [-0.2, -0.15) is 0 Å². The van der Waals surface area contributed by atoms with Crippen molar-refractivity contribution in [3.05, 3.63) is 48.0 Å². The van der Waals surface area contributed by atoms with Gasteiger partial charge in [0.05, 0.1) is 5.75 Å². The van der Waals surface area contributed by atoms with Crippen LogP contribution in [0.15, 0.2) is 47.5 Å². The molecule has 6 nitrogen and oxygen atoms in total. The molecule has 2 amide bonds. The molecule has 1 heterocycles. The minimum Gasteiger partial charge on any atom is -0.351 e. The van der Waals surface area contributed by atoms with Crippen LogP contribution < -0.4 is 10.6 Å². The third-order valence-corrected chi connectivity index (χ3v) is 4.02. The van der Waals surface area contributed by atoms with E-state index in [1.165, 1.54) is 11.8 Å². The van der Waals surface area contributed by atoms with Gasteiger partial charge in [0.25, 0.3) is 0 Å². The van der Waals surface area contributed by atoms with Crippen molar-refractivity contribution in [2.45, 2.75) is 25.4 Å². The van der Waals surface area contributed by atoms with E-state index in [1.807, 2.05) is 30.3 Å². The number of hydrogen-bond donors (Lipinski definition) is 2. The molecule has 0 saturated carbocycles. The molecule has 0 saturated heterocycles. The number of nitrogens with one attached hydrogen (secondary N) is 2. The van der Waals surface area contributed by atoms with E-state index in [-0.39, 0.29) is 23.5 Å². The molecule has 0 radical (unpaired) electrons. The van der Waals surface area contributed by atoms with Gasteiger partial charge in [-0.3, -0.25) is 9.59 Å². The highest BCUT2D eigenvalue weighted by Crippen LogP contribution is 2.15. The first-order valence-corrected chi connectivity index (χ1v) is 8.61. The van der Waals surface area contributed by atoms with E-state index < -0.39 is 0 Å². The number of anilines is 1. The first-order chi connectivity index (χ1) is 11.5. The summed E-state index contributed by atoms with van der Waals surface area (Å²) in [6, 6.07) is 13.1. The van der Waals surface area contributed by atoms with Crippen LogP contribution >= 0.6 is 11.8 Å². The molecule has 2 aromatic rings. The average molecular weight is 344 g/mol. The maximum atomic E-state index is 11.8. The molecule has 126 valence electrons. The Balaban J connectivity index is 1.75. The molecule has 0 bridgehead atoms. The van der Waals surface area contributed by atoms with Crippen molar-refractivity contribution in [1.29, 1.82) is 0 Å². The molecule has 0 spiro atoms. The van der Waals surface area contributed by atoms with E-state index in [2.05, 4.69) is 20.8 Å². The third-order valence-electron chi connectivity index (χ3n) is 3.10. The minimum absolute atomic E-state index is 0.0668. The Kier molecular flexibility index (Phi) is 6.74. The molecule has 1 aromatic carbocycles. The van der Waals surface area contributed by atoms with E-state index in [0.717, 1.165) is 5.56 Å². The molecule has 24 heavy (non-hydrogen) atoms. The van der Waals surface area contributed by atoms with Gasteiger partial charge < -0.3 is 10.6 Å². The molecular weight excluding hydrogens is 324 g/mol. The van der Waals surface area contributed by atoms with Crippen molar-refractivity contribution in [3.63, 3.8) is 0 Å².